The van der Waals surface area contributed by atoms with Crippen molar-refractivity contribution in [3.05, 3.63) is 39.9 Å². The van der Waals surface area contributed by atoms with E-state index in [1.54, 1.807) is 22.8 Å². The molecule has 5 heteroatoms. The van der Waals surface area contributed by atoms with Crippen molar-refractivity contribution in [2.45, 2.75) is 25.8 Å². The second-order valence-corrected chi connectivity index (χ2v) is 4.67. The van der Waals surface area contributed by atoms with Crippen LogP contribution in [0.4, 0.5) is 0 Å². The average Bonchev–Trinajstić information content (AvgIpc) is 2.46. The molecule has 3 rings (SSSR count). The van der Waals surface area contributed by atoms with Crippen LogP contribution in [0.15, 0.2) is 23.0 Å². The second-order valence-electron chi connectivity index (χ2n) is 4.67. The number of rotatable bonds is 1. The predicted molar refractivity (Wildman–Crippen MR) is 70.3 cm³/mol. The Labute approximate surface area is 109 Å². The van der Waals surface area contributed by atoms with Crippen molar-refractivity contribution in [1.29, 1.82) is 0 Å². The number of carbonyl (C=O) groups is 1. The minimum atomic E-state index is -0.415. The fourth-order valence-electron chi connectivity index (χ4n) is 2.49. The number of methoxy groups -OCH3 is 1. The number of hydrogen-bond donors (Lipinski definition) is 0. The molecule has 1 aromatic carbocycles. The summed E-state index contributed by atoms with van der Waals surface area (Å²) in [7, 11) is 1.34. The Morgan fingerprint density at radius 3 is 3.00 bits per heavy atom. The molecule has 0 saturated heterocycles. The van der Waals surface area contributed by atoms with Crippen LogP contribution in [0.1, 0.15) is 29.0 Å². The van der Waals surface area contributed by atoms with E-state index in [0.717, 1.165) is 31.6 Å². The Kier molecular flexibility index (Phi) is 2.81. The van der Waals surface area contributed by atoms with Crippen LogP contribution in [-0.4, -0.2) is 22.6 Å². The normalized spacial score (nSPS) is 14.2. The molecule has 2 aromatic rings. The summed E-state index contributed by atoms with van der Waals surface area (Å²) in [6, 6.07) is 4.88. The minimum Gasteiger partial charge on any atom is -0.465 e. The van der Waals surface area contributed by atoms with Gasteiger partial charge in [-0.3, -0.25) is 9.36 Å². The number of aromatic nitrogens is 2. The fraction of sp³-hybridized carbons (Fsp3) is 0.357. The topological polar surface area (TPSA) is 61.2 Å². The first-order valence-electron chi connectivity index (χ1n) is 6.32. The summed E-state index contributed by atoms with van der Waals surface area (Å²) >= 11 is 0. The summed E-state index contributed by atoms with van der Waals surface area (Å²) in [4.78, 5) is 28.3. The first-order chi connectivity index (χ1) is 9.20. The summed E-state index contributed by atoms with van der Waals surface area (Å²) in [5.41, 5.74) is 0.972. The van der Waals surface area contributed by atoms with E-state index in [9.17, 15) is 9.59 Å². The number of aryl methyl sites for hydroxylation is 1. The third kappa shape index (κ3) is 1.91. The van der Waals surface area contributed by atoms with Crippen LogP contribution < -0.4 is 5.56 Å². The van der Waals surface area contributed by atoms with Crippen molar-refractivity contribution >= 4 is 16.9 Å². The molecule has 1 aromatic heterocycles. The van der Waals surface area contributed by atoms with Gasteiger partial charge in [-0.15, -0.1) is 0 Å². The van der Waals surface area contributed by atoms with Crippen molar-refractivity contribution in [3.8, 4) is 0 Å². The number of hydrogen-bond acceptors (Lipinski definition) is 4. The van der Waals surface area contributed by atoms with Crippen molar-refractivity contribution < 1.29 is 9.53 Å². The van der Waals surface area contributed by atoms with Crippen molar-refractivity contribution in [3.63, 3.8) is 0 Å². The molecule has 0 spiro atoms. The van der Waals surface area contributed by atoms with E-state index >= 15 is 0 Å². The Morgan fingerprint density at radius 1 is 1.37 bits per heavy atom. The maximum absolute atomic E-state index is 12.3. The Bertz CT molecular complexity index is 718. The maximum Gasteiger partial charge on any atom is 0.337 e. The molecule has 0 unspecified atom stereocenters. The lowest BCUT2D eigenvalue weighted by atomic mass is 10.1. The Balaban J connectivity index is 2.24. The highest BCUT2D eigenvalue weighted by Gasteiger charge is 2.15. The van der Waals surface area contributed by atoms with Gasteiger partial charge < -0.3 is 4.74 Å². The first-order valence-corrected chi connectivity index (χ1v) is 6.32. The lowest BCUT2D eigenvalue weighted by molar-refractivity contribution is 0.0601. The highest BCUT2D eigenvalue weighted by atomic mass is 16.5. The molecular formula is C14H14N2O3. The molecule has 1 aliphatic rings. The van der Waals surface area contributed by atoms with Gasteiger partial charge in [0.2, 0.25) is 0 Å². The zero-order valence-electron chi connectivity index (χ0n) is 10.7. The van der Waals surface area contributed by atoms with Gasteiger partial charge in [-0.1, -0.05) is 0 Å². The number of carbonyl (C=O) groups excluding carboxylic acids is 1. The van der Waals surface area contributed by atoms with Gasteiger partial charge in [0.15, 0.2) is 0 Å². The van der Waals surface area contributed by atoms with Crippen LogP contribution in [0.25, 0.3) is 10.9 Å². The Morgan fingerprint density at radius 2 is 2.21 bits per heavy atom. The largest absolute Gasteiger partial charge is 0.465 e. The highest BCUT2D eigenvalue weighted by molar-refractivity contribution is 5.94. The van der Waals surface area contributed by atoms with Crippen LogP contribution in [0, 0.1) is 0 Å². The lowest BCUT2D eigenvalue weighted by Crippen LogP contribution is -2.28. The molecule has 0 N–H and O–H groups in total. The van der Waals surface area contributed by atoms with Crippen molar-refractivity contribution in [1.82, 2.24) is 9.55 Å². The fourth-order valence-corrected chi connectivity index (χ4v) is 2.49. The molecule has 98 valence electrons. The molecular weight excluding hydrogens is 244 g/mol. The van der Waals surface area contributed by atoms with Gasteiger partial charge >= 0.3 is 5.97 Å². The van der Waals surface area contributed by atoms with E-state index in [-0.39, 0.29) is 5.56 Å². The number of benzene rings is 1. The van der Waals surface area contributed by atoms with E-state index in [2.05, 4.69) is 9.72 Å². The average molecular weight is 258 g/mol. The van der Waals surface area contributed by atoms with E-state index in [1.165, 1.54) is 7.11 Å². The van der Waals surface area contributed by atoms with E-state index in [0.29, 0.717) is 16.5 Å². The molecule has 1 aliphatic heterocycles. The molecule has 5 nitrogen and oxygen atoms in total. The molecule has 2 heterocycles. The summed E-state index contributed by atoms with van der Waals surface area (Å²) in [6.45, 7) is 0.732. The first kappa shape index (κ1) is 11.9. The molecule has 0 radical (unpaired) electrons. The summed E-state index contributed by atoms with van der Waals surface area (Å²) in [5.74, 6) is 0.396. The van der Waals surface area contributed by atoms with Crippen LogP contribution in [-0.2, 0) is 17.7 Å². The van der Waals surface area contributed by atoms with Gasteiger partial charge in [0.1, 0.15) is 5.82 Å². The van der Waals surface area contributed by atoms with Gasteiger partial charge in [-0.05, 0) is 31.0 Å². The lowest BCUT2D eigenvalue weighted by Gasteiger charge is -2.17. The maximum atomic E-state index is 12.3. The zero-order chi connectivity index (χ0) is 13.4. The van der Waals surface area contributed by atoms with Crippen molar-refractivity contribution in [2.75, 3.05) is 7.11 Å². The smallest absolute Gasteiger partial charge is 0.337 e. The van der Waals surface area contributed by atoms with Crippen LogP contribution in [0.5, 0.6) is 0 Å². The third-order valence-electron chi connectivity index (χ3n) is 3.49. The van der Waals surface area contributed by atoms with Crippen LogP contribution in [0.3, 0.4) is 0 Å². The summed E-state index contributed by atoms with van der Waals surface area (Å²) < 4.78 is 6.42. The summed E-state index contributed by atoms with van der Waals surface area (Å²) in [5, 5.41) is 0.554. The number of ether oxygens (including phenoxy) is 1. The molecule has 19 heavy (non-hydrogen) atoms. The highest BCUT2D eigenvalue weighted by Crippen LogP contribution is 2.16. The van der Waals surface area contributed by atoms with Crippen molar-refractivity contribution in [2.24, 2.45) is 0 Å². The molecule has 0 amide bonds. The van der Waals surface area contributed by atoms with Crippen LogP contribution in [0.2, 0.25) is 0 Å². The predicted octanol–water partition coefficient (Wildman–Crippen LogP) is 1.52. The van der Waals surface area contributed by atoms with Gasteiger partial charge in [0, 0.05) is 13.0 Å². The third-order valence-corrected chi connectivity index (χ3v) is 3.49. The quantitative estimate of drug-likeness (QED) is 0.728. The minimum absolute atomic E-state index is 0.0175. The molecule has 0 atom stereocenters. The van der Waals surface area contributed by atoms with E-state index in [4.69, 9.17) is 0 Å². The van der Waals surface area contributed by atoms with Gasteiger partial charge in [-0.25, -0.2) is 9.78 Å². The zero-order valence-corrected chi connectivity index (χ0v) is 10.7. The number of fused-ring (bicyclic) bond motifs is 2. The number of esters is 1. The van der Waals surface area contributed by atoms with Crippen LogP contribution >= 0.6 is 0 Å². The molecule has 0 bridgehead atoms. The van der Waals surface area contributed by atoms with Gasteiger partial charge in [0.25, 0.3) is 5.56 Å². The van der Waals surface area contributed by atoms with E-state index in [1.807, 2.05) is 0 Å². The van der Waals surface area contributed by atoms with E-state index < -0.39 is 5.97 Å². The molecule has 0 aliphatic carbocycles. The summed E-state index contributed by atoms with van der Waals surface area (Å²) in [6.07, 6.45) is 2.88. The standard InChI is InChI=1S/C14H14N2O3/c1-19-14(18)9-5-6-10-11(8-9)15-12-4-2-3-7-16(12)13(10)17/h5-6,8H,2-4,7H2,1H3. The monoisotopic (exact) mass is 258 g/mol. The molecule has 0 saturated carbocycles. The SMILES string of the molecule is COC(=O)c1ccc2c(=O)n3c(nc2c1)CCCC3. The Hall–Kier alpha value is -2.17. The molecule has 0 fully saturated rings. The van der Waals surface area contributed by atoms with Gasteiger partial charge in [0.05, 0.1) is 23.6 Å². The second kappa shape index (κ2) is 4.50. The van der Waals surface area contributed by atoms with Gasteiger partial charge in [-0.2, -0.15) is 0 Å². The number of nitrogens with zero attached hydrogens (tertiary/aromatic N) is 2.